The average Bonchev–Trinajstić information content (AvgIpc) is 2.33. The molecule has 2 heterocycles. The molecule has 62 valence electrons. The van der Waals surface area contributed by atoms with Crippen molar-refractivity contribution in [3.63, 3.8) is 0 Å². The highest BCUT2D eigenvalue weighted by Crippen LogP contribution is 2.25. The van der Waals surface area contributed by atoms with Gasteiger partial charge >= 0.3 is 0 Å². The maximum atomic E-state index is 9.25. The van der Waals surface area contributed by atoms with Crippen LogP contribution in [0.15, 0.2) is 11.3 Å². The van der Waals surface area contributed by atoms with Crippen LogP contribution in [0, 0.1) is 0 Å². The predicted molar refractivity (Wildman–Crippen MR) is 41.2 cm³/mol. The third kappa shape index (κ3) is 1.13. The minimum absolute atomic E-state index is 0.405. The van der Waals surface area contributed by atoms with Crippen molar-refractivity contribution >= 4 is 0 Å². The molecule has 11 heavy (non-hydrogen) atoms. The zero-order valence-corrected chi connectivity index (χ0v) is 6.38. The van der Waals surface area contributed by atoms with E-state index in [2.05, 4.69) is 5.32 Å². The summed E-state index contributed by atoms with van der Waals surface area (Å²) in [5, 5.41) is 14.0. The molecular weight excluding hydrogens is 142 g/mol. The molecule has 0 saturated heterocycles. The first kappa shape index (κ1) is 7.09. The predicted octanol–water partition coefficient (Wildman–Crippen LogP) is -0.868. The molecule has 0 saturated carbocycles. The van der Waals surface area contributed by atoms with E-state index >= 15 is 0 Å². The van der Waals surface area contributed by atoms with Gasteiger partial charge in [-0.05, 0) is 12.0 Å². The van der Waals surface area contributed by atoms with E-state index in [0.29, 0.717) is 6.42 Å². The first-order valence-corrected chi connectivity index (χ1v) is 3.92. The summed E-state index contributed by atoms with van der Waals surface area (Å²) < 4.78 is 0. The van der Waals surface area contributed by atoms with Gasteiger partial charge in [0.15, 0.2) is 0 Å². The fraction of sp³-hybridized carbons (Fsp3) is 0.714. The highest BCUT2D eigenvalue weighted by Gasteiger charge is 2.25. The van der Waals surface area contributed by atoms with Gasteiger partial charge in [0.2, 0.25) is 0 Å². The lowest BCUT2D eigenvalue weighted by Gasteiger charge is -2.24. The van der Waals surface area contributed by atoms with Gasteiger partial charge in [-0.15, -0.1) is 0 Å². The topological polar surface area (TPSA) is 61.5 Å². The van der Waals surface area contributed by atoms with Gasteiger partial charge in [-0.3, -0.25) is 5.32 Å². The van der Waals surface area contributed by atoms with Gasteiger partial charge < -0.3 is 10.1 Å². The monoisotopic (exact) mass is 155 g/mol. The third-order valence-corrected chi connectivity index (χ3v) is 2.35. The first-order chi connectivity index (χ1) is 5.27. The molecule has 1 unspecified atom stereocenters. The quantitative estimate of drug-likeness (QED) is 0.398. The van der Waals surface area contributed by atoms with Crippen molar-refractivity contribution in [2.24, 2.45) is 5.84 Å². The molecule has 0 aromatic rings. The number of hydrogen-bond donors (Lipinski definition) is 3. The summed E-state index contributed by atoms with van der Waals surface area (Å²) in [4.78, 5) is 0. The zero-order chi connectivity index (χ0) is 7.84. The molecular formula is C7H13N3O. The average molecular weight is 155 g/mol. The summed E-state index contributed by atoms with van der Waals surface area (Å²) >= 11 is 0. The molecule has 0 aliphatic carbocycles. The van der Waals surface area contributed by atoms with E-state index in [9.17, 15) is 5.11 Å². The summed E-state index contributed by atoms with van der Waals surface area (Å²) in [7, 11) is 0. The smallest absolute Gasteiger partial charge is 0.110 e. The second-order valence-electron chi connectivity index (χ2n) is 3.09. The summed E-state index contributed by atoms with van der Waals surface area (Å²) in [5.74, 6) is 5.69. The molecule has 0 amide bonds. The minimum atomic E-state index is -0.405. The molecule has 4 N–H and O–H groups in total. The molecule has 0 radical (unpaired) electrons. The highest BCUT2D eigenvalue weighted by molar-refractivity contribution is 5.22. The van der Waals surface area contributed by atoms with Crippen LogP contribution in [0.25, 0.3) is 0 Å². The van der Waals surface area contributed by atoms with Crippen molar-refractivity contribution in [2.75, 3.05) is 13.1 Å². The molecule has 0 aromatic heterocycles. The SMILES string of the molecule is NN1CCC2=C1CC(O)NC2. The maximum absolute atomic E-state index is 9.25. The Kier molecular flexibility index (Phi) is 1.60. The lowest BCUT2D eigenvalue weighted by atomic mass is 10.1. The van der Waals surface area contributed by atoms with Gasteiger partial charge in [0.05, 0.1) is 0 Å². The van der Waals surface area contributed by atoms with Crippen LogP contribution < -0.4 is 11.2 Å². The van der Waals surface area contributed by atoms with Crippen LogP contribution in [-0.4, -0.2) is 29.4 Å². The fourth-order valence-corrected chi connectivity index (χ4v) is 1.69. The van der Waals surface area contributed by atoms with Gasteiger partial charge in [0.1, 0.15) is 6.23 Å². The molecule has 0 bridgehead atoms. The lowest BCUT2D eigenvalue weighted by molar-refractivity contribution is 0.126. The van der Waals surface area contributed by atoms with Crippen molar-refractivity contribution in [3.05, 3.63) is 11.3 Å². The van der Waals surface area contributed by atoms with E-state index in [4.69, 9.17) is 5.84 Å². The van der Waals surface area contributed by atoms with Gasteiger partial charge in [-0.1, -0.05) is 0 Å². The van der Waals surface area contributed by atoms with E-state index in [1.54, 1.807) is 5.01 Å². The Morgan fingerprint density at radius 3 is 3.27 bits per heavy atom. The molecule has 0 spiro atoms. The van der Waals surface area contributed by atoms with E-state index in [1.807, 2.05) is 0 Å². The molecule has 4 nitrogen and oxygen atoms in total. The van der Waals surface area contributed by atoms with Crippen LogP contribution in [0.5, 0.6) is 0 Å². The number of nitrogens with zero attached hydrogens (tertiary/aromatic N) is 1. The van der Waals surface area contributed by atoms with Crippen LogP contribution in [0.1, 0.15) is 12.8 Å². The van der Waals surface area contributed by atoms with Crippen molar-refractivity contribution in [1.29, 1.82) is 0 Å². The number of nitrogens with one attached hydrogen (secondary N) is 1. The highest BCUT2D eigenvalue weighted by atomic mass is 16.3. The summed E-state index contributed by atoms with van der Waals surface area (Å²) in [6, 6.07) is 0. The summed E-state index contributed by atoms with van der Waals surface area (Å²) in [6.07, 6.45) is 1.30. The van der Waals surface area contributed by atoms with Gasteiger partial charge in [0, 0.05) is 25.2 Å². The number of rotatable bonds is 0. The standard InChI is InChI=1S/C7H13N3O/c8-10-2-1-5-4-9-7(11)3-6(5)10/h7,9,11H,1-4,8H2. The van der Waals surface area contributed by atoms with E-state index < -0.39 is 6.23 Å². The molecule has 0 aromatic carbocycles. The van der Waals surface area contributed by atoms with Crippen LogP contribution in [0.3, 0.4) is 0 Å². The molecule has 2 rings (SSSR count). The van der Waals surface area contributed by atoms with Crippen molar-refractivity contribution in [3.8, 4) is 0 Å². The molecule has 2 aliphatic rings. The van der Waals surface area contributed by atoms with Crippen LogP contribution in [0.4, 0.5) is 0 Å². The van der Waals surface area contributed by atoms with E-state index in [0.717, 1.165) is 25.2 Å². The third-order valence-electron chi connectivity index (χ3n) is 2.35. The number of aliphatic hydroxyl groups is 1. The Balaban J connectivity index is 2.18. The number of hydrogen-bond acceptors (Lipinski definition) is 4. The molecule has 4 heteroatoms. The van der Waals surface area contributed by atoms with Crippen LogP contribution >= 0.6 is 0 Å². The normalized spacial score (nSPS) is 31.1. The van der Waals surface area contributed by atoms with Crippen molar-refractivity contribution in [2.45, 2.75) is 19.1 Å². The Morgan fingerprint density at radius 2 is 2.45 bits per heavy atom. The van der Waals surface area contributed by atoms with Crippen molar-refractivity contribution in [1.82, 2.24) is 10.3 Å². The number of nitrogens with two attached hydrogens (primary N) is 1. The van der Waals surface area contributed by atoms with Gasteiger partial charge in [-0.25, -0.2) is 5.84 Å². The Labute approximate surface area is 65.6 Å². The first-order valence-electron chi connectivity index (χ1n) is 3.92. The summed E-state index contributed by atoms with van der Waals surface area (Å²) in [6.45, 7) is 1.70. The number of hydrazine groups is 1. The molecule has 1 atom stereocenters. The van der Waals surface area contributed by atoms with Gasteiger partial charge in [0.25, 0.3) is 0 Å². The summed E-state index contributed by atoms with van der Waals surface area (Å²) in [5.41, 5.74) is 2.49. The van der Waals surface area contributed by atoms with Crippen LogP contribution in [-0.2, 0) is 0 Å². The second-order valence-corrected chi connectivity index (χ2v) is 3.09. The largest absolute Gasteiger partial charge is 0.378 e. The Morgan fingerprint density at radius 1 is 1.64 bits per heavy atom. The molecule has 0 fully saturated rings. The Bertz CT molecular complexity index is 202. The molecule has 2 aliphatic heterocycles. The second kappa shape index (κ2) is 2.48. The zero-order valence-electron chi connectivity index (χ0n) is 6.38. The fourth-order valence-electron chi connectivity index (χ4n) is 1.69. The van der Waals surface area contributed by atoms with Crippen molar-refractivity contribution < 1.29 is 5.11 Å². The Hall–Kier alpha value is -0.580. The maximum Gasteiger partial charge on any atom is 0.110 e. The lowest BCUT2D eigenvalue weighted by Crippen LogP contribution is -2.38. The van der Waals surface area contributed by atoms with Gasteiger partial charge in [-0.2, -0.15) is 0 Å². The van der Waals surface area contributed by atoms with E-state index in [-0.39, 0.29) is 0 Å². The minimum Gasteiger partial charge on any atom is -0.378 e. The number of aliphatic hydroxyl groups excluding tert-OH is 1. The van der Waals surface area contributed by atoms with E-state index in [1.165, 1.54) is 5.57 Å². The van der Waals surface area contributed by atoms with Crippen LogP contribution in [0.2, 0.25) is 0 Å².